The SMILES string of the molecule is CN1CCN(c2ccc(Nc3ncc(Br)c(Nc4cccc(-c5ccn[nH]5)c4)n3)cc2)CC1. The molecule has 5 rings (SSSR count). The van der Waals surface area contributed by atoms with Crippen molar-refractivity contribution in [3.8, 4) is 11.3 Å². The second-order valence-electron chi connectivity index (χ2n) is 8.03. The molecule has 4 aromatic rings. The average molecular weight is 505 g/mol. The molecule has 2 aromatic carbocycles. The summed E-state index contributed by atoms with van der Waals surface area (Å²) >= 11 is 3.55. The van der Waals surface area contributed by atoms with Gasteiger partial charge in [-0.25, -0.2) is 4.98 Å². The fourth-order valence-electron chi connectivity index (χ4n) is 3.78. The van der Waals surface area contributed by atoms with Crippen molar-refractivity contribution in [2.75, 3.05) is 48.8 Å². The number of halogens is 1. The molecule has 0 spiro atoms. The number of nitrogens with zero attached hydrogens (tertiary/aromatic N) is 5. The van der Waals surface area contributed by atoms with Crippen LogP contribution in [0, 0.1) is 0 Å². The average Bonchev–Trinajstić information content (AvgIpc) is 3.38. The molecule has 168 valence electrons. The third-order valence-corrected chi connectivity index (χ3v) is 6.25. The van der Waals surface area contributed by atoms with E-state index >= 15 is 0 Å². The van der Waals surface area contributed by atoms with Gasteiger partial charge in [-0.15, -0.1) is 0 Å². The van der Waals surface area contributed by atoms with E-state index in [1.807, 2.05) is 30.3 Å². The third kappa shape index (κ3) is 5.15. The van der Waals surface area contributed by atoms with E-state index in [4.69, 9.17) is 0 Å². The Hall–Kier alpha value is -3.43. The summed E-state index contributed by atoms with van der Waals surface area (Å²) in [6.45, 7) is 4.28. The fourth-order valence-corrected chi connectivity index (χ4v) is 4.07. The first-order chi connectivity index (χ1) is 16.1. The summed E-state index contributed by atoms with van der Waals surface area (Å²) in [7, 11) is 2.17. The Morgan fingerprint density at radius 1 is 0.939 bits per heavy atom. The Balaban J connectivity index is 1.29. The van der Waals surface area contributed by atoms with E-state index in [2.05, 4.69) is 87.8 Å². The number of aromatic nitrogens is 4. The van der Waals surface area contributed by atoms with Crippen LogP contribution < -0.4 is 15.5 Å². The number of nitrogens with one attached hydrogen (secondary N) is 3. The minimum absolute atomic E-state index is 0.526. The molecule has 1 aliphatic heterocycles. The highest BCUT2D eigenvalue weighted by molar-refractivity contribution is 9.10. The predicted molar refractivity (Wildman–Crippen MR) is 136 cm³/mol. The lowest BCUT2D eigenvalue weighted by atomic mass is 10.1. The molecule has 9 heteroatoms. The van der Waals surface area contributed by atoms with Crippen LogP contribution in [-0.4, -0.2) is 58.3 Å². The lowest BCUT2D eigenvalue weighted by Gasteiger charge is -2.34. The second kappa shape index (κ2) is 9.60. The molecule has 1 saturated heterocycles. The Morgan fingerprint density at radius 3 is 2.52 bits per heavy atom. The molecular formula is C24H25BrN8. The number of piperazine rings is 1. The van der Waals surface area contributed by atoms with E-state index in [0.29, 0.717) is 11.8 Å². The van der Waals surface area contributed by atoms with Crippen molar-refractivity contribution in [2.24, 2.45) is 0 Å². The van der Waals surface area contributed by atoms with E-state index < -0.39 is 0 Å². The Kier molecular flexibility index (Phi) is 6.23. The smallest absolute Gasteiger partial charge is 0.229 e. The van der Waals surface area contributed by atoms with Gasteiger partial charge >= 0.3 is 0 Å². The quantitative estimate of drug-likeness (QED) is 0.345. The zero-order valence-corrected chi connectivity index (χ0v) is 19.9. The van der Waals surface area contributed by atoms with E-state index in [9.17, 15) is 0 Å². The molecule has 2 aromatic heterocycles. The Bertz CT molecular complexity index is 1200. The minimum Gasteiger partial charge on any atom is -0.369 e. The largest absolute Gasteiger partial charge is 0.369 e. The van der Waals surface area contributed by atoms with Crippen molar-refractivity contribution in [3.05, 3.63) is 71.5 Å². The maximum Gasteiger partial charge on any atom is 0.229 e. The summed E-state index contributed by atoms with van der Waals surface area (Å²) in [4.78, 5) is 13.8. The first-order valence-corrected chi connectivity index (χ1v) is 11.6. The molecule has 33 heavy (non-hydrogen) atoms. The maximum absolute atomic E-state index is 4.66. The van der Waals surface area contributed by atoms with Gasteiger partial charge < -0.3 is 20.4 Å². The van der Waals surface area contributed by atoms with Gasteiger partial charge in [0.05, 0.1) is 10.2 Å². The first-order valence-electron chi connectivity index (χ1n) is 10.8. The maximum atomic E-state index is 4.66. The number of rotatable bonds is 6. The topological polar surface area (TPSA) is 85.0 Å². The molecular weight excluding hydrogens is 480 g/mol. The number of benzene rings is 2. The van der Waals surface area contributed by atoms with Gasteiger partial charge in [0, 0.05) is 61.2 Å². The van der Waals surface area contributed by atoms with Crippen molar-refractivity contribution in [1.29, 1.82) is 0 Å². The van der Waals surface area contributed by atoms with Crippen LogP contribution >= 0.6 is 15.9 Å². The number of anilines is 5. The van der Waals surface area contributed by atoms with Crippen LogP contribution in [0.15, 0.2) is 71.5 Å². The van der Waals surface area contributed by atoms with Crippen molar-refractivity contribution in [1.82, 2.24) is 25.1 Å². The van der Waals surface area contributed by atoms with Crippen molar-refractivity contribution < 1.29 is 0 Å². The normalized spacial score (nSPS) is 14.3. The van der Waals surface area contributed by atoms with Crippen LogP contribution in [0.3, 0.4) is 0 Å². The summed E-state index contributed by atoms with van der Waals surface area (Å²) in [6.07, 6.45) is 3.49. The molecule has 0 aliphatic carbocycles. The molecule has 0 bridgehead atoms. The van der Waals surface area contributed by atoms with Crippen LogP contribution in [0.1, 0.15) is 0 Å². The summed E-state index contributed by atoms with van der Waals surface area (Å²) in [6, 6.07) is 18.4. The zero-order chi connectivity index (χ0) is 22.6. The van der Waals surface area contributed by atoms with Gasteiger partial charge in [-0.2, -0.15) is 10.1 Å². The zero-order valence-electron chi connectivity index (χ0n) is 18.3. The van der Waals surface area contributed by atoms with Crippen LogP contribution in [0.2, 0.25) is 0 Å². The molecule has 0 radical (unpaired) electrons. The molecule has 1 aliphatic rings. The first kappa shape index (κ1) is 21.4. The monoisotopic (exact) mass is 504 g/mol. The highest BCUT2D eigenvalue weighted by Crippen LogP contribution is 2.28. The van der Waals surface area contributed by atoms with E-state index in [1.54, 1.807) is 12.4 Å². The summed E-state index contributed by atoms with van der Waals surface area (Å²) in [5.41, 5.74) is 5.11. The molecule has 8 nitrogen and oxygen atoms in total. The van der Waals surface area contributed by atoms with Crippen molar-refractivity contribution in [2.45, 2.75) is 0 Å². The van der Waals surface area contributed by atoms with Crippen molar-refractivity contribution in [3.63, 3.8) is 0 Å². The van der Waals surface area contributed by atoms with Crippen molar-refractivity contribution >= 4 is 44.8 Å². The second-order valence-corrected chi connectivity index (χ2v) is 8.88. The Labute approximate surface area is 201 Å². The third-order valence-electron chi connectivity index (χ3n) is 5.67. The number of aromatic amines is 1. The minimum atomic E-state index is 0.526. The number of H-pyrrole nitrogens is 1. The summed E-state index contributed by atoms with van der Waals surface area (Å²) in [5.74, 6) is 1.21. The number of likely N-dealkylation sites (N-methyl/N-ethyl adjacent to an activating group) is 1. The highest BCUT2D eigenvalue weighted by Gasteiger charge is 2.14. The van der Waals surface area contributed by atoms with Gasteiger partial charge in [0.15, 0.2) is 0 Å². The molecule has 3 N–H and O–H groups in total. The molecule has 3 heterocycles. The number of hydrogen-bond acceptors (Lipinski definition) is 7. The van der Waals surface area contributed by atoms with Gasteiger partial charge in [-0.05, 0) is 65.4 Å². The fraction of sp³-hybridized carbons (Fsp3) is 0.208. The lowest BCUT2D eigenvalue weighted by Crippen LogP contribution is -2.44. The molecule has 0 saturated carbocycles. The standard InChI is InChI=1S/C24H25BrN8/c1-32-11-13-33(14-12-32)20-7-5-18(6-8-20)29-24-26-16-21(25)23(30-24)28-19-4-2-3-17(15-19)22-9-10-27-31-22/h2-10,15-16H,11-14H2,1H3,(H,27,31)(H2,26,28,29,30). The number of hydrogen-bond donors (Lipinski definition) is 3. The Morgan fingerprint density at radius 2 is 1.76 bits per heavy atom. The molecule has 1 fully saturated rings. The summed E-state index contributed by atoms with van der Waals surface area (Å²) in [5, 5.41) is 13.7. The predicted octanol–water partition coefficient (Wildman–Crippen LogP) is 4.87. The van der Waals surface area contributed by atoms with E-state index in [1.165, 1.54) is 5.69 Å². The molecule has 0 amide bonds. The van der Waals surface area contributed by atoms with Gasteiger partial charge in [0.1, 0.15) is 5.82 Å². The lowest BCUT2D eigenvalue weighted by molar-refractivity contribution is 0.313. The van der Waals surface area contributed by atoms with Gasteiger partial charge in [0.2, 0.25) is 5.95 Å². The van der Waals surface area contributed by atoms with Crippen LogP contribution in [0.5, 0.6) is 0 Å². The molecule has 0 unspecified atom stereocenters. The van der Waals surface area contributed by atoms with Crippen LogP contribution in [-0.2, 0) is 0 Å². The van der Waals surface area contributed by atoms with Gasteiger partial charge in [-0.1, -0.05) is 12.1 Å². The van der Waals surface area contributed by atoms with E-state index in [0.717, 1.165) is 53.3 Å². The van der Waals surface area contributed by atoms with Gasteiger partial charge in [-0.3, -0.25) is 5.10 Å². The van der Waals surface area contributed by atoms with Crippen LogP contribution in [0.4, 0.5) is 28.8 Å². The van der Waals surface area contributed by atoms with E-state index in [-0.39, 0.29) is 0 Å². The van der Waals surface area contributed by atoms with Crippen LogP contribution in [0.25, 0.3) is 11.3 Å². The highest BCUT2D eigenvalue weighted by atomic mass is 79.9. The van der Waals surface area contributed by atoms with Gasteiger partial charge in [0.25, 0.3) is 0 Å². The summed E-state index contributed by atoms with van der Waals surface area (Å²) < 4.78 is 0.783. The molecule has 0 atom stereocenters.